The zero-order chi connectivity index (χ0) is 19.2. The number of aryl methyl sites for hydroxylation is 1. The van der Waals surface area contributed by atoms with Gasteiger partial charge in [-0.15, -0.1) is 0 Å². The third-order valence-electron chi connectivity index (χ3n) is 4.87. The van der Waals surface area contributed by atoms with Gasteiger partial charge in [0.25, 0.3) is 5.91 Å². The third kappa shape index (κ3) is 4.89. The van der Waals surface area contributed by atoms with Crippen LogP contribution in [0, 0.1) is 5.92 Å². The van der Waals surface area contributed by atoms with E-state index in [4.69, 9.17) is 16.6 Å². The first-order valence-electron chi connectivity index (χ1n) is 9.56. The molecule has 0 saturated carbocycles. The average molecular weight is 384 g/mol. The van der Waals surface area contributed by atoms with Crippen molar-refractivity contribution in [2.45, 2.75) is 39.7 Å². The Balaban J connectivity index is 1.63. The van der Waals surface area contributed by atoms with Crippen LogP contribution < -0.4 is 5.32 Å². The van der Waals surface area contributed by atoms with Gasteiger partial charge in [0, 0.05) is 30.1 Å². The van der Waals surface area contributed by atoms with Crippen molar-refractivity contribution in [2.75, 3.05) is 6.54 Å². The van der Waals surface area contributed by atoms with Gasteiger partial charge in [0.05, 0.1) is 11.0 Å². The summed E-state index contributed by atoms with van der Waals surface area (Å²) in [5.74, 6) is 1.60. The number of nitrogens with zero attached hydrogens (tertiary/aromatic N) is 2. The zero-order valence-electron chi connectivity index (χ0n) is 15.9. The molecule has 0 bridgehead atoms. The summed E-state index contributed by atoms with van der Waals surface area (Å²) < 4.78 is 2.34. The number of halogens is 1. The first-order valence-corrected chi connectivity index (χ1v) is 9.94. The Labute approximate surface area is 165 Å². The molecular weight excluding hydrogens is 358 g/mol. The molecule has 0 saturated heterocycles. The van der Waals surface area contributed by atoms with Crippen molar-refractivity contribution in [1.82, 2.24) is 14.9 Å². The monoisotopic (exact) mass is 383 g/mol. The van der Waals surface area contributed by atoms with E-state index in [2.05, 4.69) is 41.9 Å². The van der Waals surface area contributed by atoms with E-state index in [9.17, 15) is 4.79 Å². The van der Waals surface area contributed by atoms with Crippen molar-refractivity contribution in [3.05, 3.63) is 64.9 Å². The highest BCUT2D eigenvalue weighted by Gasteiger charge is 2.12. The lowest BCUT2D eigenvalue weighted by molar-refractivity contribution is 0.0953. The number of carbonyl (C=O) groups is 1. The van der Waals surface area contributed by atoms with Gasteiger partial charge < -0.3 is 9.88 Å². The van der Waals surface area contributed by atoms with Gasteiger partial charge in [0.2, 0.25) is 0 Å². The van der Waals surface area contributed by atoms with Gasteiger partial charge in [-0.3, -0.25) is 4.79 Å². The molecule has 1 heterocycles. The summed E-state index contributed by atoms with van der Waals surface area (Å²) in [4.78, 5) is 17.0. The molecule has 3 aromatic rings. The molecule has 0 aliphatic heterocycles. The quantitative estimate of drug-likeness (QED) is 0.550. The molecule has 0 aliphatic carbocycles. The molecule has 27 heavy (non-hydrogen) atoms. The molecule has 1 atom stereocenters. The number of rotatable bonds is 8. The lowest BCUT2D eigenvalue weighted by Gasteiger charge is -2.14. The molecule has 1 amide bonds. The highest BCUT2D eigenvalue weighted by Crippen LogP contribution is 2.19. The number of hydrogen-bond donors (Lipinski definition) is 1. The Hall–Kier alpha value is -2.33. The largest absolute Gasteiger partial charge is 0.352 e. The summed E-state index contributed by atoms with van der Waals surface area (Å²) in [5.41, 5.74) is 2.82. The Bertz CT molecular complexity index is 919. The van der Waals surface area contributed by atoms with Gasteiger partial charge in [-0.1, -0.05) is 50.1 Å². The smallest absolute Gasteiger partial charge is 0.251 e. The van der Waals surface area contributed by atoms with Crippen molar-refractivity contribution < 1.29 is 4.79 Å². The summed E-state index contributed by atoms with van der Waals surface area (Å²) in [5, 5.41) is 3.54. The molecule has 142 valence electrons. The Morgan fingerprint density at radius 1 is 1.22 bits per heavy atom. The van der Waals surface area contributed by atoms with Crippen molar-refractivity contribution >= 4 is 28.5 Å². The third-order valence-corrected chi connectivity index (χ3v) is 5.11. The van der Waals surface area contributed by atoms with Crippen LogP contribution in [-0.2, 0) is 13.0 Å². The van der Waals surface area contributed by atoms with E-state index in [-0.39, 0.29) is 5.91 Å². The molecule has 0 aliphatic rings. The van der Waals surface area contributed by atoms with Crippen LogP contribution >= 0.6 is 11.6 Å². The standard InChI is InChI=1S/C22H26ClN3O/c1-3-16(2)15-26-20-11-5-4-10-19(20)25-21(26)12-7-13-24-22(27)17-8-6-9-18(23)14-17/h4-6,8-11,14,16H,3,7,12-13,15H2,1-2H3,(H,24,27). The predicted octanol–water partition coefficient (Wildman–Crippen LogP) is 5.10. The van der Waals surface area contributed by atoms with Crippen LogP contribution in [0.1, 0.15) is 42.9 Å². The highest BCUT2D eigenvalue weighted by molar-refractivity contribution is 6.30. The molecule has 4 nitrogen and oxygen atoms in total. The van der Waals surface area contributed by atoms with E-state index in [0.29, 0.717) is 23.0 Å². The van der Waals surface area contributed by atoms with E-state index >= 15 is 0 Å². The number of amides is 1. The van der Waals surface area contributed by atoms with E-state index < -0.39 is 0 Å². The van der Waals surface area contributed by atoms with Crippen LogP contribution in [0.5, 0.6) is 0 Å². The summed E-state index contributed by atoms with van der Waals surface area (Å²) in [6.07, 6.45) is 2.82. The maximum atomic E-state index is 12.2. The number of benzene rings is 2. The number of hydrogen-bond acceptors (Lipinski definition) is 2. The number of para-hydroxylation sites is 2. The van der Waals surface area contributed by atoms with Gasteiger partial charge in [-0.2, -0.15) is 0 Å². The van der Waals surface area contributed by atoms with Gasteiger partial charge in [0.1, 0.15) is 5.82 Å². The molecule has 2 aromatic carbocycles. The lowest BCUT2D eigenvalue weighted by Crippen LogP contribution is -2.25. The van der Waals surface area contributed by atoms with E-state index in [1.165, 1.54) is 5.52 Å². The topological polar surface area (TPSA) is 46.9 Å². The van der Waals surface area contributed by atoms with Gasteiger partial charge >= 0.3 is 0 Å². The first-order chi connectivity index (χ1) is 13.1. The minimum absolute atomic E-state index is 0.0920. The summed E-state index contributed by atoms with van der Waals surface area (Å²) >= 11 is 5.95. The Morgan fingerprint density at radius 3 is 2.81 bits per heavy atom. The Morgan fingerprint density at radius 2 is 2.04 bits per heavy atom. The summed E-state index contributed by atoms with van der Waals surface area (Å²) in [6, 6.07) is 15.3. The summed E-state index contributed by atoms with van der Waals surface area (Å²) in [6.45, 7) is 6.07. The molecule has 0 radical (unpaired) electrons. The SMILES string of the molecule is CCC(C)Cn1c(CCCNC(=O)c2cccc(Cl)c2)nc2ccccc21. The van der Waals surface area contributed by atoms with Gasteiger partial charge in [0.15, 0.2) is 0 Å². The minimum Gasteiger partial charge on any atom is -0.352 e. The number of imidazole rings is 1. The number of carbonyl (C=O) groups excluding carboxylic acids is 1. The van der Waals surface area contributed by atoms with Crippen molar-refractivity contribution in [3.63, 3.8) is 0 Å². The van der Waals surface area contributed by atoms with E-state index in [1.54, 1.807) is 24.3 Å². The summed E-state index contributed by atoms with van der Waals surface area (Å²) in [7, 11) is 0. The van der Waals surface area contributed by atoms with Gasteiger partial charge in [-0.05, 0) is 42.7 Å². The fraction of sp³-hybridized carbons (Fsp3) is 0.364. The molecular formula is C22H26ClN3O. The fourth-order valence-corrected chi connectivity index (χ4v) is 3.33. The van der Waals surface area contributed by atoms with Crippen LogP contribution in [0.25, 0.3) is 11.0 Å². The fourth-order valence-electron chi connectivity index (χ4n) is 3.14. The number of nitrogens with one attached hydrogen (secondary N) is 1. The van der Waals surface area contributed by atoms with Crippen LogP contribution in [0.15, 0.2) is 48.5 Å². The van der Waals surface area contributed by atoms with Crippen LogP contribution in [0.4, 0.5) is 0 Å². The number of aromatic nitrogens is 2. The number of fused-ring (bicyclic) bond motifs is 1. The molecule has 1 N–H and O–H groups in total. The zero-order valence-corrected chi connectivity index (χ0v) is 16.7. The van der Waals surface area contributed by atoms with Crippen molar-refractivity contribution in [1.29, 1.82) is 0 Å². The molecule has 1 unspecified atom stereocenters. The lowest BCUT2D eigenvalue weighted by atomic mass is 10.1. The molecule has 5 heteroatoms. The molecule has 0 spiro atoms. The maximum absolute atomic E-state index is 12.2. The van der Waals surface area contributed by atoms with Crippen molar-refractivity contribution in [3.8, 4) is 0 Å². The van der Waals surface area contributed by atoms with Crippen LogP contribution in [0.2, 0.25) is 5.02 Å². The van der Waals surface area contributed by atoms with Gasteiger partial charge in [-0.25, -0.2) is 4.98 Å². The molecule has 3 rings (SSSR count). The second kappa shape index (κ2) is 9.05. The first kappa shape index (κ1) is 19.4. The van der Waals surface area contributed by atoms with Crippen LogP contribution in [0.3, 0.4) is 0 Å². The van der Waals surface area contributed by atoms with Crippen molar-refractivity contribution in [2.24, 2.45) is 5.92 Å². The minimum atomic E-state index is -0.0920. The van der Waals surface area contributed by atoms with E-state index in [1.807, 2.05) is 6.07 Å². The van der Waals surface area contributed by atoms with E-state index in [0.717, 1.165) is 37.1 Å². The molecule has 1 aromatic heterocycles. The normalized spacial score (nSPS) is 12.3. The Kier molecular flexibility index (Phi) is 6.51. The highest BCUT2D eigenvalue weighted by atomic mass is 35.5. The second-order valence-corrected chi connectivity index (χ2v) is 7.45. The maximum Gasteiger partial charge on any atom is 0.251 e. The average Bonchev–Trinajstić information content (AvgIpc) is 3.02. The molecule has 0 fully saturated rings. The van der Waals surface area contributed by atoms with Crippen LogP contribution in [-0.4, -0.2) is 22.0 Å². The predicted molar refractivity (Wildman–Crippen MR) is 111 cm³/mol. The second-order valence-electron chi connectivity index (χ2n) is 7.01.